The Morgan fingerprint density at radius 2 is 1.94 bits per heavy atom. The molecule has 1 unspecified atom stereocenters. The second-order valence-electron chi connectivity index (χ2n) is 6.89. The molecule has 2 aromatic rings. The van der Waals surface area contributed by atoms with E-state index in [4.69, 9.17) is 4.74 Å². The van der Waals surface area contributed by atoms with Gasteiger partial charge < -0.3 is 14.4 Å². The smallest absolute Gasteiger partial charge is 0.387 e. The molecule has 0 bridgehead atoms. The van der Waals surface area contributed by atoms with E-state index in [1.165, 1.54) is 22.0 Å². The van der Waals surface area contributed by atoms with Crippen molar-refractivity contribution in [3.8, 4) is 5.75 Å². The summed E-state index contributed by atoms with van der Waals surface area (Å²) < 4.78 is 34.4. The molecule has 2 aromatic carbocycles. The van der Waals surface area contributed by atoms with E-state index in [-0.39, 0.29) is 36.9 Å². The van der Waals surface area contributed by atoms with Gasteiger partial charge in [0.15, 0.2) is 0 Å². The molecule has 7 nitrogen and oxygen atoms in total. The molecule has 0 spiro atoms. The van der Waals surface area contributed by atoms with Crippen LogP contribution in [-0.4, -0.2) is 48.8 Å². The van der Waals surface area contributed by atoms with Crippen LogP contribution in [0.4, 0.5) is 14.5 Å². The van der Waals surface area contributed by atoms with E-state index < -0.39 is 18.6 Å². The Hall–Kier alpha value is -3.49. The zero-order valence-corrected chi connectivity index (χ0v) is 17.2. The van der Waals surface area contributed by atoms with Crippen LogP contribution in [0.25, 0.3) is 0 Å². The van der Waals surface area contributed by atoms with Gasteiger partial charge >= 0.3 is 12.6 Å². The van der Waals surface area contributed by atoms with E-state index >= 15 is 0 Å². The summed E-state index contributed by atoms with van der Waals surface area (Å²) in [5.74, 6) is -0.807. The lowest BCUT2D eigenvalue weighted by atomic mass is 10.1. The van der Waals surface area contributed by atoms with E-state index in [1.54, 1.807) is 38.2 Å². The molecule has 1 heterocycles. The monoisotopic (exact) mass is 431 g/mol. The second kappa shape index (κ2) is 10.0. The van der Waals surface area contributed by atoms with Crippen LogP contribution in [-0.2, 0) is 20.9 Å². The summed E-state index contributed by atoms with van der Waals surface area (Å²) >= 11 is 0. The van der Waals surface area contributed by atoms with Crippen LogP contribution in [0.2, 0.25) is 0 Å². The highest BCUT2D eigenvalue weighted by molar-refractivity contribution is 6.38. The molecule has 9 heteroatoms. The van der Waals surface area contributed by atoms with Gasteiger partial charge in [-0.3, -0.25) is 9.80 Å². The maximum Gasteiger partial charge on any atom is 0.387 e. The molecule has 0 saturated carbocycles. The van der Waals surface area contributed by atoms with Crippen molar-refractivity contribution in [2.24, 2.45) is 5.10 Å². The van der Waals surface area contributed by atoms with Gasteiger partial charge in [0.2, 0.25) is 5.91 Å². The molecule has 164 valence electrons. The second-order valence-corrected chi connectivity index (χ2v) is 6.89. The highest BCUT2D eigenvalue weighted by Gasteiger charge is 2.38. The number of hydrogen-bond acceptors (Lipinski definition) is 6. The van der Waals surface area contributed by atoms with Crippen LogP contribution in [0.15, 0.2) is 59.7 Å². The first-order valence-corrected chi connectivity index (χ1v) is 9.76. The Morgan fingerprint density at radius 1 is 1.19 bits per heavy atom. The van der Waals surface area contributed by atoms with Crippen molar-refractivity contribution in [3.63, 3.8) is 0 Å². The third-order valence-corrected chi connectivity index (χ3v) is 4.65. The predicted octanol–water partition coefficient (Wildman–Crippen LogP) is 3.44. The number of benzene rings is 2. The van der Waals surface area contributed by atoms with Crippen LogP contribution >= 0.6 is 0 Å². The molecule has 0 saturated heterocycles. The highest BCUT2D eigenvalue weighted by Crippen LogP contribution is 2.26. The first-order valence-electron chi connectivity index (χ1n) is 9.76. The van der Waals surface area contributed by atoms with Gasteiger partial charge in [-0.25, -0.2) is 4.79 Å². The fourth-order valence-corrected chi connectivity index (χ4v) is 3.29. The third-order valence-electron chi connectivity index (χ3n) is 4.65. The number of esters is 1. The number of nitrogens with zero attached hydrogens (tertiary/aromatic N) is 3. The number of carbonyl (C=O) groups is 2. The number of ether oxygens (including phenoxy) is 2. The van der Waals surface area contributed by atoms with E-state index in [1.807, 2.05) is 18.2 Å². The number of hydrogen-bond donors (Lipinski definition) is 0. The van der Waals surface area contributed by atoms with Gasteiger partial charge in [0.1, 0.15) is 17.5 Å². The van der Waals surface area contributed by atoms with Crippen molar-refractivity contribution in [1.29, 1.82) is 0 Å². The minimum absolute atomic E-state index is 0.0214. The molecule has 1 aliphatic rings. The lowest BCUT2D eigenvalue weighted by Gasteiger charge is -2.27. The van der Waals surface area contributed by atoms with Crippen LogP contribution in [0.5, 0.6) is 5.75 Å². The number of anilines is 1. The van der Waals surface area contributed by atoms with Gasteiger partial charge in [0.05, 0.1) is 12.3 Å². The molecule has 0 aliphatic carbocycles. The van der Waals surface area contributed by atoms with Gasteiger partial charge in [0, 0.05) is 20.0 Å². The molecule has 0 N–H and O–H groups in total. The molecule has 0 aromatic heterocycles. The fraction of sp³-hybridized carbons (Fsp3) is 0.318. The summed E-state index contributed by atoms with van der Waals surface area (Å²) in [6, 6.07) is 14.5. The van der Waals surface area contributed by atoms with Crippen molar-refractivity contribution < 1.29 is 27.8 Å². The summed E-state index contributed by atoms with van der Waals surface area (Å²) in [6.07, 6.45) is 0.103. The number of rotatable bonds is 8. The number of carbonyl (C=O) groups excluding carboxylic acids is 2. The van der Waals surface area contributed by atoms with Crippen LogP contribution in [0.3, 0.4) is 0 Å². The highest BCUT2D eigenvalue weighted by atomic mass is 19.3. The quantitative estimate of drug-likeness (QED) is 0.599. The lowest BCUT2D eigenvalue weighted by molar-refractivity contribution is -0.135. The predicted molar refractivity (Wildman–Crippen MR) is 111 cm³/mol. The summed E-state index contributed by atoms with van der Waals surface area (Å²) in [7, 11) is 1.61. The van der Waals surface area contributed by atoms with Crippen LogP contribution < -0.4 is 9.75 Å². The van der Waals surface area contributed by atoms with E-state index in [0.717, 1.165) is 0 Å². The Balaban J connectivity index is 1.77. The van der Waals surface area contributed by atoms with E-state index in [0.29, 0.717) is 11.3 Å². The molecule has 3 rings (SSSR count). The van der Waals surface area contributed by atoms with Crippen molar-refractivity contribution in [2.45, 2.75) is 32.5 Å². The van der Waals surface area contributed by atoms with Gasteiger partial charge in [0.25, 0.3) is 0 Å². The normalized spacial score (nSPS) is 15.6. The Bertz CT molecular complexity index is 953. The Labute approximate surface area is 178 Å². The van der Waals surface area contributed by atoms with Crippen molar-refractivity contribution >= 4 is 23.3 Å². The number of amides is 1. The maximum absolute atomic E-state index is 13.2. The Morgan fingerprint density at radius 3 is 2.61 bits per heavy atom. The summed E-state index contributed by atoms with van der Waals surface area (Å²) in [6.45, 7) is -0.845. The van der Waals surface area contributed by atoms with Crippen LogP contribution in [0, 0.1) is 0 Å². The van der Waals surface area contributed by atoms with Gasteiger partial charge in [-0.1, -0.05) is 30.3 Å². The average molecular weight is 431 g/mol. The topological polar surface area (TPSA) is 71.4 Å². The number of likely N-dealkylation sites (N-methyl/N-ethyl adjacent to an activating group) is 1. The zero-order chi connectivity index (χ0) is 22.4. The minimum atomic E-state index is -2.93. The minimum Gasteiger partial charge on any atom is -0.461 e. The number of para-hydroxylation sites is 1. The zero-order valence-electron chi connectivity index (χ0n) is 17.2. The molecule has 1 amide bonds. The fourth-order valence-electron chi connectivity index (χ4n) is 3.29. The molecular weight excluding hydrogens is 408 g/mol. The third kappa shape index (κ3) is 5.56. The largest absolute Gasteiger partial charge is 0.461 e. The average Bonchev–Trinajstić information content (AvgIpc) is 3.19. The van der Waals surface area contributed by atoms with Gasteiger partial charge in [-0.2, -0.15) is 13.9 Å². The van der Waals surface area contributed by atoms with Crippen molar-refractivity contribution in [3.05, 3.63) is 60.2 Å². The molecule has 31 heavy (non-hydrogen) atoms. The first-order chi connectivity index (χ1) is 14.9. The van der Waals surface area contributed by atoms with Gasteiger partial charge in [-0.15, -0.1) is 0 Å². The molecule has 0 radical (unpaired) electrons. The van der Waals surface area contributed by atoms with Crippen LogP contribution in [0.1, 0.15) is 18.9 Å². The van der Waals surface area contributed by atoms with Crippen molar-refractivity contribution in [1.82, 2.24) is 4.90 Å². The molecular formula is C22H23F2N3O4. The summed E-state index contributed by atoms with van der Waals surface area (Å²) in [5, 5.41) is 5.86. The number of alkyl halides is 2. The maximum atomic E-state index is 13.2. The summed E-state index contributed by atoms with van der Waals surface area (Å²) in [5.41, 5.74) is 1.47. The standard InChI is InChI=1S/C22H23F2N3O4/c1-3-30-21(29)18-13-19(27(25-18)16-9-5-4-6-10-16)20(28)26(2)14-15-8-7-11-17(12-15)31-22(23)24/h4-12,19,22H,3,13-14H2,1-2H3. The molecule has 1 aliphatic heterocycles. The molecule has 1 atom stereocenters. The van der Waals surface area contributed by atoms with Crippen molar-refractivity contribution in [2.75, 3.05) is 18.7 Å². The molecule has 0 fully saturated rings. The van der Waals surface area contributed by atoms with E-state index in [2.05, 4.69) is 9.84 Å². The first kappa shape index (κ1) is 22.2. The lowest BCUT2D eigenvalue weighted by Crippen LogP contribution is -2.43. The SMILES string of the molecule is CCOC(=O)C1=NN(c2ccccc2)C(C(=O)N(C)Cc2cccc(OC(F)F)c2)C1. The Kier molecular flexibility index (Phi) is 7.17. The van der Waals surface area contributed by atoms with Gasteiger partial charge in [-0.05, 0) is 36.8 Å². The number of hydrazone groups is 1. The van der Waals surface area contributed by atoms with E-state index in [9.17, 15) is 18.4 Å². The summed E-state index contributed by atoms with van der Waals surface area (Å²) in [4.78, 5) is 26.9. The number of halogens is 2.